The molecule has 0 aliphatic carbocycles. The fourth-order valence-electron chi connectivity index (χ4n) is 1.56. The Morgan fingerprint density at radius 1 is 1.47 bits per heavy atom. The molecule has 1 aromatic heterocycles. The van der Waals surface area contributed by atoms with Crippen LogP contribution in [0.3, 0.4) is 0 Å². The van der Waals surface area contributed by atoms with E-state index in [2.05, 4.69) is 5.10 Å². The van der Waals surface area contributed by atoms with Crippen molar-refractivity contribution in [2.75, 3.05) is 18.8 Å². The molecule has 0 saturated heterocycles. The maximum atomic E-state index is 12.4. The first-order valence-corrected chi connectivity index (χ1v) is 6.88. The molecule has 2 N–H and O–H groups in total. The van der Waals surface area contributed by atoms with Gasteiger partial charge in [-0.15, -0.1) is 0 Å². The van der Waals surface area contributed by atoms with Gasteiger partial charge in [-0.2, -0.15) is 22.6 Å². The minimum absolute atomic E-state index is 0.240. The molecule has 0 fully saturated rings. The van der Waals surface area contributed by atoms with Gasteiger partial charge in [0.25, 0.3) is 0 Å². The van der Waals surface area contributed by atoms with Crippen LogP contribution in [0, 0.1) is 0 Å². The summed E-state index contributed by atoms with van der Waals surface area (Å²) in [7, 11) is -2.87. The number of nitrogens with two attached hydrogens (primary N) is 1. The second kappa shape index (κ2) is 5.37. The molecule has 1 rings (SSSR count). The first kappa shape index (κ1) is 15.8. The average molecular weight is 300 g/mol. The summed E-state index contributed by atoms with van der Waals surface area (Å²) in [5.41, 5.74) is 5.41. The number of sulfonamides is 1. The molecule has 0 aromatic carbocycles. The number of aromatic nitrogens is 2. The number of nitrogens with zero attached hydrogens (tertiary/aromatic N) is 3. The van der Waals surface area contributed by atoms with Gasteiger partial charge in [0.05, 0.1) is 0 Å². The van der Waals surface area contributed by atoms with E-state index in [0.29, 0.717) is 4.31 Å². The lowest BCUT2D eigenvalue weighted by molar-refractivity contribution is -0.136. The highest BCUT2D eigenvalue weighted by atomic mass is 32.2. The van der Waals surface area contributed by atoms with Crippen molar-refractivity contribution in [1.82, 2.24) is 14.1 Å². The summed E-state index contributed by atoms with van der Waals surface area (Å²) in [6.07, 6.45) is -3.27. The van der Waals surface area contributed by atoms with Gasteiger partial charge in [0, 0.05) is 19.8 Å². The fraction of sp³-hybridized carbons (Fsp3) is 0.667. The number of rotatable bonds is 5. The number of anilines is 1. The monoisotopic (exact) mass is 300 g/mol. The SMILES string of the molecule is CCCN(CC(F)(F)F)S(=O)(=O)c1cn(C)nc1N. The molecule has 1 heterocycles. The molecule has 1 aromatic rings. The van der Waals surface area contributed by atoms with E-state index in [1.807, 2.05) is 0 Å². The van der Waals surface area contributed by atoms with Crippen molar-refractivity contribution in [1.29, 1.82) is 0 Å². The number of hydrogen-bond donors (Lipinski definition) is 1. The number of nitrogen functional groups attached to an aromatic ring is 1. The Balaban J connectivity index is 3.16. The van der Waals surface area contributed by atoms with E-state index in [4.69, 9.17) is 5.73 Å². The second-order valence-corrected chi connectivity index (χ2v) is 5.91. The van der Waals surface area contributed by atoms with Crippen LogP contribution in [-0.2, 0) is 17.1 Å². The topological polar surface area (TPSA) is 81.2 Å². The number of aryl methyl sites for hydroxylation is 1. The van der Waals surface area contributed by atoms with Crippen molar-refractivity contribution in [3.63, 3.8) is 0 Å². The molecule has 0 bridgehead atoms. The third-order valence-corrected chi connectivity index (χ3v) is 4.13. The van der Waals surface area contributed by atoms with Crippen LogP contribution in [0.4, 0.5) is 19.0 Å². The molecular weight excluding hydrogens is 285 g/mol. The highest BCUT2D eigenvalue weighted by Crippen LogP contribution is 2.25. The molecule has 19 heavy (non-hydrogen) atoms. The summed E-state index contributed by atoms with van der Waals surface area (Å²) < 4.78 is 63.0. The molecule has 0 aliphatic rings. The lowest BCUT2D eigenvalue weighted by atomic mass is 10.5. The predicted octanol–water partition coefficient (Wildman–Crippen LogP) is 0.965. The Bertz CT molecular complexity index is 538. The van der Waals surface area contributed by atoms with Crippen LogP contribution in [-0.4, -0.2) is 41.8 Å². The summed E-state index contributed by atoms with van der Waals surface area (Å²) in [4.78, 5) is -0.410. The molecule has 0 unspecified atom stereocenters. The van der Waals surface area contributed by atoms with E-state index in [1.165, 1.54) is 7.05 Å². The van der Waals surface area contributed by atoms with Crippen molar-refractivity contribution in [3.8, 4) is 0 Å². The predicted molar refractivity (Wildman–Crippen MR) is 62.7 cm³/mol. The second-order valence-electron chi connectivity index (χ2n) is 4.01. The van der Waals surface area contributed by atoms with Crippen LogP contribution >= 0.6 is 0 Å². The lowest BCUT2D eigenvalue weighted by Gasteiger charge is -2.22. The number of hydrogen-bond acceptors (Lipinski definition) is 4. The molecule has 0 atom stereocenters. The van der Waals surface area contributed by atoms with Gasteiger partial charge in [0.1, 0.15) is 11.4 Å². The summed E-state index contributed by atoms with van der Waals surface area (Å²) in [5.74, 6) is -0.314. The molecule has 0 amide bonds. The van der Waals surface area contributed by atoms with Gasteiger partial charge >= 0.3 is 6.18 Å². The zero-order valence-electron chi connectivity index (χ0n) is 10.5. The van der Waals surface area contributed by atoms with Crippen molar-refractivity contribution in [2.45, 2.75) is 24.4 Å². The van der Waals surface area contributed by atoms with Crippen LogP contribution in [0.15, 0.2) is 11.1 Å². The van der Waals surface area contributed by atoms with Gasteiger partial charge in [-0.05, 0) is 6.42 Å². The Hall–Kier alpha value is -1.29. The molecule has 0 spiro atoms. The van der Waals surface area contributed by atoms with Crippen LogP contribution < -0.4 is 5.73 Å². The third kappa shape index (κ3) is 3.83. The summed E-state index contributed by atoms with van der Waals surface area (Å²) >= 11 is 0. The fourth-order valence-corrected chi connectivity index (χ4v) is 3.16. The highest BCUT2D eigenvalue weighted by Gasteiger charge is 2.37. The Labute approximate surface area is 109 Å². The minimum atomic E-state index is -4.61. The average Bonchev–Trinajstić information content (AvgIpc) is 2.56. The zero-order chi connectivity index (χ0) is 14.8. The summed E-state index contributed by atoms with van der Waals surface area (Å²) in [5, 5.41) is 3.62. The Kier molecular flexibility index (Phi) is 4.46. The summed E-state index contributed by atoms with van der Waals surface area (Å²) in [6, 6.07) is 0. The maximum Gasteiger partial charge on any atom is 0.402 e. The van der Waals surface area contributed by atoms with Gasteiger partial charge in [-0.1, -0.05) is 6.92 Å². The normalized spacial score (nSPS) is 13.2. The smallest absolute Gasteiger partial charge is 0.381 e. The number of halogens is 3. The molecule has 0 aliphatic heterocycles. The molecule has 6 nitrogen and oxygen atoms in total. The van der Waals surface area contributed by atoms with Gasteiger partial charge in [-0.25, -0.2) is 8.42 Å². The number of alkyl halides is 3. The van der Waals surface area contributed by atoms with E-state index in [9.17, 15) is 21.6 Å². The first-order valence-electron chi connectivity index (χ1n) is 5.44. The van der Waals surface area contributed by atoms with E-state index in [1.54, 1.807) is 6.92 Å². The van der Waals surface area contributed by atoms with E-state index in [0.717, 1.165) is 10.9 Å². The molecular formula is C9H15F3N4O2S. The van der Waals surface area contributed by atoms with E-state index >= 15 is 0 Å². The molecule has 110 valence electrons. The van der Waals surface area contributed by atoms with E-state index < -0.39 is 27.6 Å². The van der Waals surface area contributed by atoms with Crippen LogP contribution in [0.5, 0.6) is 0 Å². The largest absolute Gasteiger partial charge is 0.402 e. The maximum absolute atomic E-state index is 12.4. The molecule has 0 saturated carbocycles. The highest BCUT2D eigenvalue weighted by molar-refractivity contribution is 7.89. The molecule has 0 radical (unpaired) electrons. The Morgan fingerprint density at radius 3 is 2.42 bits per heavy atom. The summed E-state index contributed by atoms with van der Waals surface area (Å²) in [6.45, 7) is -0.195. The Morgan fingerprint density at radius 2 is 2.05 bits per heavy atom. The van der Waals surface area contributed by atoms with Gasteiger partial charge in [-0.3, -0.25) is 4.68 Å². The molecule has 10 heteroatoms. The quantitative estimate of drug-likeness (QED) is 0.878. The van der Waals surface area contributed by atoms with Crippen molar-refractivity contribution in [3.05, 3.63) is 6.20 Å². The first-order chi connectivity index (χ1) is 8.58. The van der Waals surface area contributed by atoms with Gasteiger partial charge < -0.3 is 5.73 Å². The van der Waals surface area contributed by atoms with Gasteiger partial charge in [0.2, 0.25) is 10.0 Å². The van der Waals surface area contributed by atoms with E-state index in [-0.39, 0.29) is 18.8 Å². The third-order valence-electron chi connectivity index (χ3n) is 2.27. The lowest BCUT2D eigenvalue weighted by Crippen LogP contribution is -2.39. The zero-order valence-corrected chi connectivity index (χ0v) is 11.3. The standard InChI is InChI=1S/C9H15F3N4O2S/c1-3-4-16(6-9(10,11)12)19(17,18)7-5-15(2)14-8(7)13/h5H,3-4,6H2,1-2H3,(H2,13,14). The van der Waals surface area contributed by atoms with Gasteiger partial charge in [0.15, 0.2) is 5.82 Å². The minimum Gasteiger partial charge on any atom is -0.381 e. The van der Waals surface area contributed by atoms with Crippen LogP contribution in [0.1, 0.15) is 13.3 Å². The van der Waals surface area contributed by atoms with Crippen LogP contribution in [0.25, 0.3) is 0 Å². The van der Waals surface area contributed by atoms with Crippen LogP contribution in [0.2, 0.25) is 0 Å². The van der Waals surface area contributed by atoms with Crippen molar-refractivity contribution < 1.29 is 21.6 Å². The van der Waals surface area contributed by atoms with Crippen molar-refractivity contribution >= 4 is 15.8 Å². The van der Waals surface area contributed by atoms with Crippen molar-refractivity contribution in [2.24, 2.45) is 7.05 Å².